The van der Waals surface area contributed by atoms with E-state index in [9.17, 15) is 9.59 Å². The van der Waals surface area contributed by atoms with Gasteiger partial charge in [-0.3, -0.25) is 0 Å². The molecule has 1 fully saturated rings. The first-order chi connectivity index (χ1) is 12.6. The molecule has 2 N–H and O–H groups in total. The van der Waals surface area contributed by atoms with Gasteiger partial charge in [-0.05, 0) is 43.9 Å². The number of hydrogen-bond donors (Lipinski definition) is 2. The zero-order valence-electron chi connectivity index (χ0n) is 15.6. The Labute approximate surface area is 155 Å². The quantitative estimate of drug-likeness (QED) is 0.730. The first-order valence-electron chi connectivity index (χ1n) is 9.30. The first kappa shape index (κ1) is 19.9. The zero-order chi connectivity index (χ0) is 18.8. The van der Waals surface area contributed by atoms with Crippen molar-refractivity contribution >= 4 is 12.1 Å². The average molecular weight is 363 g/mol. The van der Waals surface area contributed by atoms with Crippen molar-refractivity contribution in [3.05, 3.63) is 29.8 Å². The van der Waals surface area contributed by atoms with Gasteiger partial charge in [-0.15, -0.1) is 0 Å². The van der Waals surface area contributed by atoms with Gasteiger partial charge >= 0.3 is 12.1 Å². The van der Waals surface area contributed by atoms with Crippen LogP contribution in [0, 0.1) is 0 Å². The predicted octanol–water partition coefficient (Wildman–Crippen LogP) is 2.55. The molecule has 0 atom stereocenters. The second-order valence-corrected chi connectivity index (χ2v) is 6.21. The monoisotopic (exact) mass is 363 g/mol. The van der Waals surface area contributed by atoms with Crippen molar-refractivity contribution in [2.24, 2.45) is 0 Å². The van der Waals surface area contributed by atoms with E-state index in [1.165, 1.54) is 5.56 Å². The molecule has 7 nitrogen and oxygen atoms in total. The van der Waals surface area contributed by atoms with Crippen LogP contribution < -0.4 is 15.4 Å². The summed E-state index contributed by atoms with van der Waals surface area (Å²) in [6, 6.07) is 7.83. The Morgan fingerprint density at radius 1 is 1.15 bits per heavy atom. The van der Waals surface area contributed by atoms with Gasteiger partial charge in [0, 0.05) is 19.1 Å². The molecule has 144 valence electrons. The van der Waals surface area contributed by atoms with Gasteiger partial charge < -0.3 is 25.0 Å². The van der Waals surface area contributed by atoms with Crippen LogP contribution in [-0.4, -0.2) is 55.9 Å². The molecule has 1 aromatic rings. The van der Waals surface area contributed by atoms with Crippen molar-refractivity contribution in [2.75, 3.05) is 32.8 Å². The number of ether oxygens (including phenoxy) is 2. The summed E-state index contributed by atoms with van der Waals surface area (Å²) in [5.41, 5.74) is 1.27. The van der Waals surface area contributed by atoms with Gasteiger partial charge in [0.25, 0.3) is 0 Å². The lowest BCUT2D eigenvalue weighted by Crippen LogP contribution is -2.49. The summed E-state index contributed by atoms with van der Waals surface area (Å²) in [6.45, 7) is 6.33. The van der Waals surface area contributed by atoms with E-state index in [1.807, 2.05) is 24.3 Å². The third-order valence-electron chi connectivity index (χ3n) is 4.34. The third-order valence-corrected chi connectivity index (χ3v) is 4.34. The third kappa shape index (κ3) is 6.46. The summed E-state index contributed by atoms with van der Waals surface area (Å²) < 4.78 is 10.6. The number of urea groups is 1. The van der Waals surface area contributed by atoms with Crippen molar-refractivity contribution in [3.63, 3.8) is 0 Å². The van der Waals surface area contributed by atoms with Crippen LogP contribution >= 0.6 is 0 Å². The van der Waals surface area contributed by atoms with E-state index in [0.29, 0.717) is 32.8 Å². The van der Waals surface area contributed by atoms with E-state index < -0.39 is 0 Å². The van der Waals surface area contributed by atoms with E-state index in [1.54, 1.807) is 11.8 Å². The van der Waals surface area contributed by atoms with Gasteiger partial charge in [0.15, 0.2) is 0 Å². The molecule has 1 saturated heterocycles. The molecule has 0 spiro atoms. The Bertz CT molecular complexity index is 569. The van der Waals surface area contributed by atoms with Crippen molar-refractivity contribution in [1.82, 2.24) is 15.5 Å². The van der Waals surface area contributed by atoms with Crippen LogP contribution in [-0.2, 0) is 11.2 Å². The van der Waals surface area contributed by atoms with E-state index in [2.05, 4.69) is 17.6 Å². The maximum Gasteiger partial charge on any atom is 0.409 e. The number of benzene rings is 1. The minimum Gasteiger partial charge on any atom is -0.492 e. The van der Waals surface area contributed by atoms with Crippen molar-refractivity contribution < 1.29 is 19.1 Å². The van der Waals surface area contributed by atoms with Gasteiger partial charge in [-0.1, -0.05) is 19.1 Å². The second kappa shape index (κ2) is 10.5. The Kier molecular flexibility index (Phi) is 8.05. The zero-order valence-corrected chi connectivity index (χ0v) is 15.6. The van der Waals surface area contributed by atoms with Gasteiger partial charge in [-0.2, -0.15) is 0 Å². The highest BCUT2D eigenvalue weighted by Gasteiger charge is 2.24. The number of nitrogens with zero attached hydrogens (tertiary/aromatic N) is 1. The minimum atomic E-state index is -0.278. The van der Waals surface area contributed by atoms with Gasteiger partial charge in [0.05, 0.1) is 13.2 Å². The fraction of sp³-hybridized carbons (Fsp3) is 0.579. The molecule has 3 amide bonds. The number of hydrogen-bond acceptors (Lipinski definition) is 4. The molecule has 0 aromatic heterocycles. The Morgan fingerprint density at radius 3 is 2.46 bits per heavy atom. The predicted molar refractivity (Wildman–Crippen MR) is 99.5 cm³/mol. The molecule has 1 aliphatic heterocycles. The number of rotatable bonds is 7. The number of carbonyl (C=O) groups is 2. The smallest absolute Gasteiger partial charge is 0.409 e. The Balaban J connectivity index is 1.58. The van der Waals surface area contributed by atoms with Crippen LogP contribution in [0.4, 0.5) is 9.59 Å². The van der Waals surface area contributed by atoms with Gasteiger partial charge in [0.1, 0.15) is 12.4 Å². The summed E-state index contributed by atoms with van der Waals surface area (Å²) in [7, 11) is 0. The molecule has 0 bridgehead atoms. The van der Waals surface area contributed by atoms with Crippen LogP contribution in [0.15, 0.2) is 24.3 Å². The number of nitrogens with one attached hydrogen (secondary N) is 2. The van der Waals surface area contributed by atoms with Gasteiger partial charge in [-0.25, -0.2) is 9.59 Å². The standard InChI is InChI=1S/C19H29N3O4/c1-3-15-5-7-17(8-6-15)26-14-11-20-18(23)21-16-9-12-22(13-10-16)19(24)25-4-2/h5-8,16H,3-4,9-14H2,1-2H3,(H2,20,21,23). The van der Waals surface area contributed by atoms with Crippen LogP contribution in [0.1, 0.15) is 32.3 Å². The first-order valence-corrected chi connectivity index (χ1v) is 9.30. The summed E-state index contributed by atoms with van der Waals surface area (Å²) >= 11 is 0. The maximum absolute atomic E-state index is 11.9. The van der Waals surface area contributed by atoms with E-state index in [-0.39, 0.29) is 18.2 Å². The van der Waals surface area contributed by atoms with Crippen molar-refractivity contribution in [2.45, 2.75) is 39.2 Å². The number of aryl methyl sites for hydroxylation is 1. The largest absolute Gasteiger partial charge is 0.492 e. The lowest BCUT2D eigenvalue weighted by atomic mass is 10.1. The summed E-state index contributed by atoms with van der Waals surface area (Å²) in [5.74, 6) is 0.802. The molecule has 1 aliphatic rings. The van der Waals surface area contributed by atoms with E-state index in [4.69, 9.17) is 9.47 Å². The lowest BCUT2D eigenvalue weighted by molar-refractivity contribution is 0.0957. The Morgan fingerprint density at radius 2 is 1.85 bits per heavy atom. The van der Waals surface area contributed by atoms with Crippen LogP contribution in [0.2, 0.25) is 0 Å². The number of amides is 3. The van der Waals surface area contributed by atoms with Crippen LogP contribution in [0.25, 0.3) is 0 Å². The highest BCUT2D eigenvalue weighted by molar-refractivity contribution is 5.74. The minimum absolute atomic E-state index is 0.0724. The molecular weight excluding hydrogens is 334 g/mol. The molecule has 1 heterocycles. The lowest BCUT2D eigenvalue weighted by Gasteiger charge is -2.31. The number of piperidine rings is 1. The van der Waals surface area contributed by atoms with Gasteiger partial charge in [0.2, 0.25) is 0 Å². The number of carbonyl (C=O) groups excluding carboxylic acids is 2. The summed E-state index contributed by atoms with van der Waals surface area (Å²) in [6.07, 6.45) is 2.18. The van der Waals surface area contributed by atoms with Crippen LogP contribution in [0.5, 0.6) is 5.75 Å². The number of likely N-dealkylation sites (tertiary alicyclic amines) is 1. The van der Waals surface area contributed by atoms with Crippen LogP contribution in [0.3, 0.4) is 0 Å². The molecule has 0 radical (unpaired) electrons. The molecule has 1 aromatic carbocycles. The molecule has 26 heavy (non-hydrogen) atoms. The second-order valence-electron chi connectivity index (χ2n) is 6.21. The molecule has 0 saturated carbocycles. The molecule has 0 unspecified atom stereocenters. The van der Waals surface area contributed by atoms with Crippen molar-refractivity contribution in [1.29, 1.82) is 0 Å². The fourth-order valence-electron chi connectivity index (χ4n) is 2.81. The topological polar surface area (TPSA) is 79.9 Å². The SMILES string of the molecule is CCOC(=O)N1CCC(NC(=O)NCCOc2ccc(CC)cc2)CC1. The summed E-state index contributed by atoms with van der Waals surface area (Å²) in [5, 5.41) is 5.74. The fourth-order valence-corrected chi connectivity index (χ4v) is 2.81. The highest BCUT2D eigenvalue weighted by atomic mass is 16.6. The average Bonchev–Trinajstić information content (AvgIpc) is 2.66. The Hall–Kier alpha value is -2.44. The molecule has 0 aliphatic carbocycles. The normalized spacial score (nSPS) is 14.6. The van der Waals surface area contributed by atoms with E-state index >= 15 is 0 Å². The molecule has 2 rings (SSSR count). The molecule has 7 heteroatoms. The molecular formula is C19H29N3O4. The highest BCUT2D eigenvalue weighted by Crippen LogP contribution is 2.12. The maximum atomic E-state index is 11.9. The van der Waals surface area contributed by atoms with E-state index in [0.717, 1.165) is 25.0 Å². The van der Waals surface area contributed by atoms with Crippen molar-refractivity contribution in [3.8, 4) is 5.75 Å². The summed E-state index contributed by atoms with van der Waals surface area (Å²) in [4.78, 5) is 25.3.